The minimum atomic E-state index is -0.0234. The quantitative estimate of drug-likeness (QED) is 0.784. The first kappa shape index (κ1) is 14.1. The van der Waals surface area contributed by atoms with Gasteiger partial charge in [0.25, 0.3) is 0 Å². The SMILES string of the molecule is Cc1ccc(NC(=O)CN(C)C)cc1Nc1ccc[nH]1. The van der Waals surface area contributed by atoms with Crippen molar-refractivity contribution in [3.05, 3.63) is 42.1 Å². The van der Waals surface area contributed by atoms with Crippen molar-refractivity contribution in [2.75, 3.05) is 31.3 Å². The fourth-order valence-electron chi connectivity index (χ4n) is 1.88. The second-order valence-corrected chi connectivity index (χ2v) is 5.02. The third-order valence-corrected chi connectivity index (χ3v) is 2.85. The van der Waals surface area contributed by atoms with Crippen LogP contribution in [-0.4, -0.2) is 36.4 Å². The van der Waals surface area contributed by atoms with Crippen LogP contribution in [0.2, 0.25) is 0 Å². The van der Waals surface area contributed by atoms with Crippen LogP contribution in [0.25, 0.3) is 0 Å². The van der Waals surface area contributed by atoms with Crippen LogP contribution in [0.4, 0.5) is 17.2 Å². The lowest BCUT2D eigenvalue weighted by molar-refractivity contribution is -0.116. The summed E-state index contributed by atoms with van der Waals surface area (Å²) in [7, 11) is 3.74. The molecule has 3 N–H and O–H groups in total. The molecule has 2 rings (SSSR count). The van der Waals surface area contributed by atoms with Crippen LogP contribution in [0.3, 0.4) is 0 Å². The van der Waals surface area contributed by atoms with Crippen LogP contribution in [0.1, 0.15) is 5.56 Å². The Morgan fingerprint density at radius 2 is 2.10 bits per heavy atom. The highest BCUT2D eigenvalue weighted by Gasteiger charge is 2.06. The van der Waals surface area contributed by atoms with Gasteiger partial charge in [0.05, 0.1) is 6.54 Å². The van der Waals surface area contributed by atoms with Crippen LogP contribution >= 0.6 is 0 Å². The number of amides is 1. The van der Waals surface area contributed by atoms with Gasteiger partial charge in [0, 0.05) is 17.6 Å². The molecule has 5 heteroatoms. The van der Waals surface area contributed by atoms with E-state index in [1.165, 1.54) is 0 Å². The predicted molar refractivity (Wildman–Crippen MR) is 82.4 cm³/mol. The molecule has 1 aromatic heterocycles. The number of benzene rings is 1. The number of aromatic nitrogens is 1. The molecule has 0 spiro atoms. The number of H-pyrrole nitrogens is 1. The average molecular weight is 272 g/mol. The summed E-state index contributed by atoms with van der Waals surface area (Å²) in [5.41, 5.74) is 2.87. The van der Waals surface area contributed by atoms with Gasteiger partial charge < -0.3 is 20.5 Å². The fraction of sp³-hybridized carbons (Fsp3) is 0.267. The lowest BCUT2D eigenvalue weighted by Gasteiger charge is -2.13. The number of hydrogen-bond acceptors (Lipinski definition) is 3. The van der Waals surface area contributed by atoms with E-state index in [4.69, 9.17) is 0 Å². The average Bonchev–Trinajstić information content (AvgIpc) is 2.85. The zero-order chi connectivity index (χ0) is 14.5. The summed E-state index contributed by atoms with van der Waals surface area (Å²) >= 11 is 0. The van der Waals surface area contributed by atoms with Crippen molar-refractivity contribution in [1.82, 2.24) is 9.88 Å². The molecule has 20 heavy (non-hydrogen) atoms. The summed E-state index contributed by atoms with van der Waals surface area (Å²) in [4.78, 5) is 16.7. The smallest absolute Gasteiger partial charge is 0.238 e. The second-order valence-electron chi connectivity index (χ2n) is 5.02. The maximum absolute atomic E-state index is 11.8. The van der Waals surface area contributed by atoms with E-state index in [1.54, 1.807) is 0 Å². The normalized spacial score (nSPS) is 10.6. The molecule has 0 fully saturated rings. The van der Waals surface area contributed by atoms with Crippen LogP contribution in [0.15, 0.2) is 36.5 Å². The van der Waals surface area contributed by atoms with Crippen molar-refractivity contribution in [3.63, 3.8) is 0 Å². The number of hydrogen-bond donors (Lipinski definition) is 3. The van der Waals surface area contributed by atoms with Crippen molar-refractivity contribution >= 4 is 23.1 Å². The molecule has 0 aliphatic carbocycles. The third kappa shape index (κ3) is 3.86. The first-order valence-corrected chi connectivity index (χ1v) is 6.50. The van der Waals surface area contributed by atoms with Gasteiger partial charge in [-0.15, -0.1) is 0 Å². The van der Waals surface area contributed by atoms with Gasteiger partial charge in [-0.05, 0) is 50.8 Å². The summed E-state index contributed by atoms with van der Waals surface area (Å²) in [6.45, 7) is 2.39. The van der Waals surface area contributed by atoms with Gasteiger partial charge in [0.2, 0.25) is 5.91 Å². The number of anilines is 3. The Balaban J connectivity index is 2.10. The van der Waals surface area contributed by atoms with Gasteiger partial charge in [-0.2, -0.15) is 0 Å². The summed E-state index contributed by atoms with van der Waals surface area (Å²) in [5, 5.41) is 6.18. The highest BCUT2D eigenvalue weighted by Crippen LogP contribution is 2.23. The van der Waals surface area contributed by atoms with Gasteiger partial charge >= 0.3 is 0 Å². The third-order valence-electron chi connectivity index (χ3n) is 2.85. The Labute approximate surface area is 119 Å². The Kier molecular flexibility index (Phi) is 4.42. The number of nitrogens with one attached hydrogen (secondary N) is 3. The number of carbonyl (C=O) groups is 1. The molecule has 0 aliphatic rings. The van der Waals surface area contributed by atoms with Crippen LogP contribution in [0.5, 0.6) is 0 Å². The number of aromatic amines is 1. The molecule has 0 saturated carbocycles. The number of nitrogens with zero attached hydrogens (tertiary/aromatic N) is 1. The Hall–Kier alpha value is -2.27. The molecule has 2 aromatic rings. The molecule has 1 heterocycles. The van der Waals surface area contributed by atoms with Crippen LogP contribution in [0, 0.1) is 6.92 Å². The maximum atomic E-state index is 11.8. The van der Waals surface area contributed by atoms with Gasteiger partial charge in [0.15, 0.2) is 0 Å². The van der Waals surface area contributed by atoms with E-state index < -0.39 is 0 Å². The first-order valence-electron chi connectivity index (χ1n) is 6.50. The summed E-state index contributed by atoms with van der Waals surface area (Å²) < 4.78 is 0. The van der Waals surface area contributed by atoms with E-state index >= 15 is 0 Å². The van der Waals surface area contributed by atoms with E-state index in [2.05, 4.69) is 15.6 Å². The molecule has 1 amide bonds. The van der Waals surface area contributed by atoms with Crippen molar-refractivity contribution in [1.29, 1.82) is 0 Å². The topological polar surface area (TPSA) is 60.2 Å². The van der Waals surface area contributed by atoms with Crippen LogP contribution in [-0.2, 0) is 4.79 Å². The minimum Gasteiger partial charge on any atom is -0.348 e. The maximum Gasteiger partial charge on any atom is 0.238 e. The molecular weight excluding hydrogens is 252 g/mol. The molecule has 0 atom stereocenters. The van der Waals surface area contributed by atoms with Crippen molar-refractivity contribution in [3.8, 4) is 0 Å². The molecule has 0 radical (unpaired) electrons. The highest BCUT2D eigenvalue weighted by molar-refractivity contribution is 5.92. The molecule has 0 aliphatic heterocycles. The second kappa shape index (κ2) is 6.25. The standard InChI is InChI=1S/C15H20N4O/c1-11-6-7-12(17-15(20)10-19(2)3)9-13(11)18-14-5-4-8-16-14/h4-9,16,18H,10H2,1-3H3,(H,17,20). The summed E-state index contributed by atoms with van der Waals surface area (Å²) in [6.07, 6.45) is 1.86. The number of aryl methyl sites for hydroxylation is 1. The number of likely N-dealkylation sites (N-methyl/N-ethyl adjacent to an activating group) is 1. The van der Waals surface area contributed by atoms with E-state index in [-0.39, 0.29) is 5.91 Å². The van der Waals surface area contributed by atoms with E-state index in [1.807, 2.05) is 62.4 Å². The number of rotatable bonds is 5. The lowest BCUT2D eigenvalue weighted by atomic mass is 10.1. The van der Waals surface area contributed by atoms with Crippen molar-refractivity contribution in [2.24, 2.45) is 0 Å². The zero-order valence-electron chi connectivity index (χ0n) is 12.0. The monoisotopic (exact) mass is 272 g/mol. The molecule has 0 bridgehead atoms. The Bertz CT molecular complexity index is 576. The number of carbonyl (C=O) groups excluding carboxylic acids is 1. The summed E-state index contributed by atoms with van der Waals surface area (Å²) in [6, 6.07) is 9.71. The largest absolute Gasteiger partial charge is 0.348 e. The van der Waals surface area contributed by atoms with Gasteiger partial charge in [-0.25, -0.2) is 0 Å². The van der Waals surface area contributed by atoms with Crippen molar-refractivity contribution in [2.45, 2.75) is 6.92 Å². The minimum absolute atomic E-state index is 0.0234. The van der Waals surface area contributed by atoms with Gasteiger partial charge in [0.1, 0.15) is 5.82 Å². The molecule has 0 saturated heterocycles. The Morgan fingerprint density at radius 3 is 2.75 bits per heavy atom. The lowest BCUT2D eigenvalue weighted by Crippen LogP contribution is -2.27. The molecule has 5 nitrogen and oxygen atoms in total. The first-order chi connectivity index (χ1) is 9.54. The highest BCUT2D eigenvalue weighted by atomic mass is 16.2. The van der Waals surface area contributed by atoms with E-state index in [0.717, 1.165) is 22.8 Å². The fourth-order valence-corrected chi connectivity index (χ4v) is 1.88. The van der Waals surface area contributed by atoms with Crippen LogP contribution < -0.4 is 10.6 Å². The van der Waals surface area contributed by atoms with Crippen molar-refractivity contribution < 1.29 is 4.79 Å². The molecule has 1 aromatic carbocycles. The predicted octanol–water partition coefficient (Wildman–Crippen LogP) is 2.57. The van der Waals surface area contributed by atoms with Gasteiger partial charge in [-0.1, -0.05) is 6.07 Å². The summed E-state index contributed by atoms with van der Waals surface area (Å²) in [5.74, 6) is 0.898. The molecule has 106 valence electrons. The zero-order valence-corrected chi connectivity index (χ0v) is 12.0. The molecular formula is C15H20N4O. The van der Waals surface area contributed by atoms with Gasteiger partial charge in [-0.3, -0.25) is 4.79 Å². The van der Waals surface area contributed by atoms with E-state index in [9.17, 15) is 4.79 Å². The molecule has 0 unspecified atom stereocenters. The Morgan fingerprint density at radius 1 is 1.30 bits per heavy atom. The van der Waals surface area contributed by atoms with E-state index in [0.29, 0.717) is 6.54 Å².